The van der Waals surface area contributed by atoms with Gasteiger partial charge in [-0.05, 0) is 44.9 Å². The third-order valence-corrected chi connectivity index (χ3v) is 12.1. The number of amides is 1. The lowest BCUT2D eigenvalue weighted by atomic mass is 10.0. The van der Waals surface area contributed by atoms with Gasteiger partial charge in [0, 0.05) is 12.8 Å². The standard InChI is InChI=1S/C52H101NO5/c1-3-5-7-9-11-13-15-16-17-18-19-20-21-22-23-24-26-28-32-36-40-44-50(55)49(48-54)53-51(56)45-41-37-33-29-27-31-35-39-43-47-58-52(57)46-42-38-34-30-25-14-12-10-8-6-4-2/h10,12,49-50,54-55H,3-9,11,13-48H2,1-2H3,(H,53,56)/b12-10-. The molecule has 344 valence electrons. The number of carbonyl (C=O) groups excluding carboxylic acids is 2. The maximum absolute atomic E-state index is 12.5. The van der Waals surface area contributed by atoms with E-state index in [9.17, 15) is 19.8 Å². The zero-order valence-electron chi connectivity index (χ0n) is 39.0. The van der Waals surface area contributed by atoms with Crippen molar-refractivity contribution < 1.29 is 24.5 Å². The highest BCUT2D eigenvalue weighted by molar-refractivity contribution is 5.76. The van der Waals surface area contributed by atoms with Gasteiger partial charge < -0.3 is 20.3 Å². The van der Waals surface area contributed by atoms with Crippen LogP contribution in [0.1, 0.15) is 284 Å². The number of hydrogen-bond acceptors (Lipinski definition) is 5. The minimum atomic E-state index is -0.682. The van der Waals surface area contributed by atoms with Gasteiger partial charge in [-0.3, -0.25) is 9.59 Å². The maximum atomic E-state index is 12.5. The molecule has 6 heteroatoms. The molecular formula is C52H101NO5. The maximum Gasteiger partial charge on any atom is 0.305 e. The van der Waals surface area contributed by atoms with E-state index in [2.05, 4.69) is 31.3 Å². The minimum Gasteiger partial charge on any atom is -0.466 e. The summed E-state index contributed by atoms with van der Waals surface area (Å²) in [6.07, 6.45) is 54.7. The summed E-state index contributed by atoms with van der Waals surface area (Å²) in [5.41, 5.74) is 0. The van der Waals surface area contributed by atoms with Crippen molar-refractivity contribution >= 4 is 11.9 Å². The number of ether oxygens (including phenoxy) is 1. The molecule has 0 aliphatic rings. The molecule has 0 radical (unpaired) electrons. The molecule has 0 bridgehead atoms. The van der Waals surface area contributed by atoms with Gasteiger partial charge in [0.15, 0.2) is 0 Å². The number of hydrogen-bond donors (Lipinski definition) is 3. The summed E-state index contributed by atoms with van der Waals surface area (Å²) >= 11 is 0. The van der Waals surface area contributed by atoms with Crippen molar-refractivity contribution in [2.24, 2.45) is 0 Å². The molecule has 0 saturated heterocycles. The van der Waals surface area contributed by atoms with Crippen molar-refractivity contribution in [1.82, 2.24) is 5.32 Å². The monoisotopic (exact) mass is 820 g/mol. The predicted octanol–water partition coefficient (Wildman–Crippen LogP) is 15.3. The van der Waals surface area contributed by atoms with E-state index in [1.807, 2.05) is 0 Å². The highest BCUT2D eigenvalue weighted by atomic mass is 16.5. The van der Waals surface area contributed by atoms with Crippen LogP contribution in [0.3, 0.4) is 0 Å². The van der Waals surface area contributed by atoms with E-state index in [1.165, 1.54) is 193 Å². The average molecular weight is 820 g/mol. The van der Waals surface area contributed by atoms with Gasteiger partial charge in [-0.2, -0.15) is 0 Å². The van der Waals surface area contributed by atoms with Crippen LogP contribution >= 0.6 is 0 Å². The summed E-state index contributed by atoms with van der Waals surface area (Å²) in [4.78, 5) is 24.4. The molecule has 0 aromatic carbocycles. The van der Waals surface area contributed by atoms with Gasteiger partial charge in [0.1, 0.15) is 0 Å². The van der Waals surface area contributed by atoms with Gasteiger partial charge in [-0.1, -0.05) is 238 Å². The molecule has 0 saturated carbocycles. The molecule has 0 aromatic rings. The van der Waals surface area contributed by atoms with E-state index in [1.54, 1.807) is 0 Å². The molecule has 3 N–H and O–H groups in total. The van der Waals surface area contributed by atoms with Crippen molar-refractivity contribution in [3.8, 4) is 0 Å². The van der Waals surface area contributed by atoms with Crippen LogP contribution in [-0.4, -0.2) is 47.4 Å². The number of nitrogens with one attached hydrogen (secondary N) is 1. The summed E-state index contributed by atoms with van der Waals surface area (Å²) in [6.45, 7) is 4.86. The Morgan fingerprint density at radius 3 is 1.28 bits per heavy atom. The summed E-state index contributed by atoms with van der Waals surface area (Å²) in [5.74, 6) is -0.0961. The fourth-order valence-corrected chi connectivity index (χ4v) is 8.03. The van der Waals surface area contributed by atoms with E-state index in [-0.39, 0.29) is 18.5 Å². The van der Waals surface area contributed by atoms with E-state index in [0.717, 1.165) is 57.8 Å². The number of aliphatic hydroxyl groups excluding tert-OH is 2. The van der Waals surface area contributed by atoms with E-state index < -0.39 is 12.1 Å². The first kappa shape index (κ1) is 56.6. The number of carbonyl (C=O) groups is 2. The van der Waals surface area contributed by atoms with Crippen LogP contribution in [-0.2, 0) is 14.3 Å². The van der Waals surface area contributed by atoms with Crippen molar-refractivity contribution in [3.05, 3.63) is 12.2 Å². The van der Waals surface area contributed by atoms with Crippen LogP contribution in [0.4, 0.5) is 0 Å². The fraction of sp³-hybridized carbons (Fsp3) is 0.923. The minimum absolute atomic E-state index is 0.0353. The van der Waals surface area contributed by atoms with Gasteiger partial charge in [0.05, 0.1) is 25.4 Å². The predicted molar refractivity (Wildman–Crippen MR) is 250 cm³/mol. The zero-order chi connectivity index (χ0) is 42.3. The molecule has 0 heterocycles. The van der Waals surface area contributed by atoms with E-state index in [0.29, 0.717) is 25.9 Å². The Hall–Kier alpha value is -1.40. The van der Waals surface area contributed by atoms with E-state index >= 15 is 0 Å². The number of allylic oxidation sites excluding steroid dienone is 2. The van der Waals surface area contributed by atoms with Crippen LogP contribution in [0, 0.1) is 0 Å². The Labute approximate surface area is 361 Å². The SMILES string of the molecule is CCCC/C=C\CCCCCCCC(=O)OCCCCCCCCCCCC(=O)NC(CO)C(O)CCCCCCCCCCCCCCCCCCCCCCC. The smallest absolute Gasteiger partial charge is 0.305 e. The molecule has 0 spiro atoms. The summed E-state index contributed by atoms with van der Waals surface area (Å²) in [7, 11) is 0. The Morgan fingerprint density at radius 2 is 0.828 bits per heavy atom. The van der Waals surface area contributed by atoms with E-state index in [4.69, 9.17) is 4.74 Å². The lowest BCUT2D eigenvalue weighted by molar-refractivity contribution is -0.143. The van der Waals surface area contributed by atoms with Gasteiger partial charge in [0.2, 0.25) is 5.91 Å². The lowest BCUT2D eigenvalue weighted by Crippen LogP contribution is -2.45. The number of rotatable bonds is 48. The molecule has 0 aliphatic heterocycles. The van der Waals surface area contributed by atoms with Gasteiger partial charge in [0.25, 0.3) is 0 Å². The molecule has 0 rings (SSSR count). The third-order valence-electron chi connectivity index (χ3n) is 12.1. The van der Waals surface area contributed by atoms with Gasteiger partial charge in [-0.25, -0.2) is 0 Å². The molecule has 0 fully saturated rings. The highest BCUT2D eigenvalue weighted by Gasteiger charge is 2.20. The second-order valence-corrected chi connectivity index (χ2v) is 17.9. The lowest BCUT2D eigenvalue weighted by Gasteiger charge is -2.22. The third kappa shape index (κ3) is 44.2. The molecule has 0 aromatic heterocycles. The fourth-order valence-electron chi connectivity index (χ4n) is 8.03. The van der Waals surface area contributed by atoms with Crippen molar-refractivity contribution in [2.45, 2.75) is 296 Å². The molecule has 2 atom stereocenters. The first-order valence-corrected chi connectivity index (χ1v) is 25.9. The van der Waals surface area contributed by atoms with Crippen LogP contribution in [0.25, 0.3) is 0 Å². The van der Waals surface area contributed by atoms with Gasteiger partial charge in [-0.15, -0.1) is 0 Å². The first-order valence-electron chi connectivity index (χ1n) is 25.9. The molecule has 2 unspecified atom stereocenters. The Kier molecular flexibility index (Phi) is 47.1. The first-order chi connectivity index (χ1) is 28.5. The van der Waals surface area contributed by atoms with Crippen LogP contribution in [0.2, 0.25) is 0 Å². The molecule has 0 aliphatic carbocycles. The summed E-state index contributed by atoms with van der Waals surface area (Å²) < 4.78 is 5.43. The second-order valence-electron chi connectivity index (χ2n) is 17.9. The molecule has 1 amide bonds. The van der Waals surface area contributed by atoms with Crippen molar-refractivity contribution in [2.75, 3.05) is 13.2 Å². The number of aliphatic hydroxyl groups is 2. The number of esters is 1. The van der Waals surface area contributed by atoms with Crippen molar-refractivity contribution in [1.29, 1.82) is 0 Å². The Morgan fingerprint density at radius 1 is 0.466 bits per heavy atom. The highest BCUT2D eigenvalue weighted by Crippen LogP contribution is 2.17. The normalized spacial score (nSPS) is 12.7. The summed E-state index contributed by atoms with van der Waals surface area (Å²) in [6, 6.07) is -0.561. The van der Waals surface area contributed by atoms with Crippen LogP contribution in [0.15, 0.2) is 12.2 Å². The molecule has 6 nitrogen and oxygen atoms in total. The Bertz CT molecular complexity index is 863. The zero-order valence-corrected chi connectivity index (χ0v) is 39.0. The number of unbranched alkanes of at least 4 members (excludes halogenated alkanes) is 35. The average Bonchev–Trinajstić information content (AvgIpc) is 3.22. The topological polar surface area (TPSA) is 95.9 Å². The molecule has 58 heavy (non-hydrogen) atoms. The second kappa shape index (κ2) is 48.3. The van der Waals surface area contributed by atoms with Crippen LogP contribution < -0.4 is 5.32 Å². The Balaban J connectivity index is 3.49. The van der Waals surface area contributed by atoms with Gasteiger partial charge >= 0.3 is 5.97 Å². The van der Waals surface area contributed by atoms with Crippen molar-refractivity contribution in [3.63, 3.8) is 0 Å². The molecular weight excluding hydrogens is 719 g/mol. The summed E-state index contributed by atoms with van der Waals surface area (Å²) in [5, 5.41) is 23.3. The van der Waals surface area contributed by atoms with Crippen LogP contribution in [0.5, 0.6) is 0 Å². The quantitative estimate of drug-likeness (QED) is 0.0323. The largest absolute Gasteiger partial charge is 0.466 e.